The highest BCUT2D eigenvalue weighted by Crippen LogP contribution is 2.24. The second kappa shape index (κ2) is 4.59. The summed E-state index contributed by atoms with van der Waals surface area (Å²) in [6, 6.07) is 7.13. The van der Waals surface area contributed by atoms with E-state index in [2.05, 4.69) is 0 Å². The second-order valence-corrected chi connectivity index (χ2v) is 4.06. The van der Waals surface area contributed by atoms with Gasteiger partial charge in [-0.1, -0.05) is 23.7 Å². The minimum absolute atomic E-state index is 0.0374. The van der Waals surface area contributed by atoms with Crippen LogP contribution >= 0.6 is 11.6 Å². The van der Waals surface area contributed by atoms with Gasteiger partial charge in [0.1, 0.15) is 0 Å². The number of nitrogens with zero attached hydrogens (tertiary/aromatic N) is 1. The molecule has 17 heavy (non-hydrogen) atoms. The number of carbonyl (C=O) groups is 2. The Bertz CT molecular complexity index is 588. The summed E-state index contributed by atoms with van der Waals surface area (Å²) in [7, 11) is 0. The average Bonchev–Trinajstić information content (AvgIpc) is 2.71. The van der Waals surface area contributed by atoms with Gasteiger partial charge in [0.15, 0.2) is 0 Å². The van der Waals surface area contributed by atoms with Crippen molar-refractivity contribution in [1.29, 1.82) is 0 Å². The van der Waals surface area contributed by atoms with Crippen molar-refractivity contribution in [3.63, 3.8) is 0 Å². The lowest BCUT2D eigenvalue weighted by atomic mass is 10.2. The number of carboxylic acids is 1. The first-order valence-corrected chi connectivity index (χ1v) is 5.48. The summed E-state index contributed by atoms with van der Waals surface area (Å²) >= 11 is 6.02. The highest BCUT2D eigenvalue weighted by Gasteiger charge is 2.12. The molecule has 0 unspecified atom stereocenters. The van der Waals surface area contributed by atoms with Crippen molar-refractivity contribution in [3.8, 4) is 0 Å². The first-order chi connectivity index (χ1) is 8.09. The predicted molar refractivity (Wildman–Crippen MR) is 64.4 cm³/mol. The lowest BCUT2D eigenvalue weighted by Gasteiger charge is -2.04. The Kier molecular flexibility index (Phi) is 3.15. The summed E-state index contributed by atoms with van der Waals surface area (Å²) in [4.78, 5) is 22.2. The zero-order chi connectivity index (χ0) is 12.4. The van der Waals surface area contributed by atoms with Crippen molar-refractivity contribution < 1.29 is 14.7 Å². The standard InChI is InChI=1S/C12H10ClNO3/c13-9-3-1-2-8-6-7-14(12(8)9)10(15)4-5-11(16)17/h1-3,6-7H,4-5H2,(H,16,17). The van der Waals surface area contributed by atoms with Crippen LogP contribution in [0, 0.1) is 0 Å². The Hall–Kier alpha value is -1.81. The molecule has 4 nitrogen and oxygen atoms in total. The molecule has 0 bridgehead atoms. The van der Waals surface area contributed by atoms with E-state index in [1.54, 1.807) is 24.4 Å². The third-order valence-electron chi connectivity index (χ3n) is 2.48. The molecule has 1 N–H and O–H groups in total. The highest BCUT2D eigenvalue weighted by atomic mass is 35.5. The molecule has 1 aromatic carbocycles. The number of rotatable bonds is 3. The number of hydrogen-bond donors (Lipinski definition) is 1. The third-order valence-corrected chi connectivity index (χ3v) is 2.79. The molecule has 2 aromatic rings. The van der Waals surface area contributed by atoms with Gasteiger partial charge in [-0.2, -0.15) is 0 Å². The summed E-state index contributed by atoms with van der Waals surface area (Å²) in [5, 5.41) is 9.88. The van der Waals surface area contributed by atoms with E-state index in [-0.39, 0.29) is 18.7 Å². The number of para-hydroxylation sites is 1. The summed E-state index contributed by atoms with van der Waals surface area (Å²) in [5.74, 6) is -1.25. The van der Waals surface area contributed by atoms with Crippen LogP contribution in [0.2, 0.25) is 5.02 Å². The monoisotopic (exact) mass is 251 g/mol. The largest absolute Gasteiger partial charge is 0.481 e. The van der Waals surface area contributed by atoms with E-state index in [1.807, 2.05) is 6.07 Å². The van der Waals surface area contributed by atoms with E-state index in [1.165, 1.54) is 4.57 Å². The zero-order valence-corrected chi connectivity index (χ0v) is 9.65. The Morgan fingerprint density at radius 1 is 1.24 bits per heavy atom. The molecule has 0 saturated carbocycles. The van der Waals surface area contributed by atoms with E-state index in [9.17, 15) is 9.59 Å². The molecule has 0 aliphatic carbocycles. The third kappa shape index (κ3) is 2.31. The summed E-state index contributed by atoms with van der Waals surface area (Å²) in [5.41, 5.74) is 0.629. The number of hydrogen-bond acceptors (Lipinski definition) is 2. The predicted octanol–water partition coefficient (Wildman–Crippen LogP) is 2.80. The molecule has 1 aromatic heterocycles. The fourth-order valence-electron chi connectivity index (χ4n) is 1.69. The fourth-order valence-corrected chi connectivity index (χ4v) is 1.97. The second-order valence-electron chi connectivity index (χ2n) is 3.65. The molecule has 0 aliphatic rings. The Labute approximate surface area is 102 Å². The molecule has 0 fully saturated rings. The van der Waals surface area contributed by atoms with Crippen LogP contribution in [0.15, 0.2) is 30.5 Å². The normalized spacial score (nSPS) is 10.6. The molecule has 0 spiro atoms. The quantitative estimate of drug-likeness (QED) is 0.913. The molecule has 0 aliphatic heterocycles. The van der Waals surface area contributed by atoms with Gasteiger partial charge >= 0.3 is 5.97 Å². The topological polar surface area (TPSA) is 59.3 Å². The average molecular weight is 252 g/mol. The molecule has 0 radical (unpaired) electrons. The van der Waals surface area contributed by atoms with Crippen molar-refractivity contribution in [2.75, 3.05) is 0 Å². The van der Waals surface area contributed by atoms with Crippen LogP contribution in [0.3, 0.4) is 0 Å². The summed E-state index contributed by atoms with van der Waals surface area (Å²) in [6.45, 7) is 0. The van der Waals surface area contributed by atoms with Crippen LogP contribution in [0.1, 0.15) is 17.6 Å². The van der Waals surface area contributed by atoms with Gasteiger partial charge in [0.2, 0.25) is 5.91 Å². The summed E-state index contributed by atoms with van der Waals surface area (Å²) < 4.78 is 1.40. The number of aromatic nitrogens is 1. The molecule has 88 valence electrons. The number of fused-ring (bicyclic) bond motifs is 1. The van der Waals surface area contributed by atoms with Gasteiger partial charge in [0.05, 0.1) is 17.0 Å². The lowest BCUT2D eigenvalue weighted by Crippen LogP contribution is -2.11. The molecule has 0 amide bonds. The first-order valence-electron chi connectivity index (χ1n) is 5.10. The van der Waals surface area contributed by atoms with Crippen molar-refractivity contribution in [2.24, 2.45) is 0 Å². The van der Waals surface area contributed by atoms with Crippen molar-refractivity contribution in [1.82, 2.24) is 4.57 Å². The van der Waals surface area contributed by atoms with Gasteiger partial charge in [0.25, 0.3) is 0 Å². The molecule has 2 rings (SSSR count). The number of benzene rings is 1. The highest BCUT2D eigenvalue weighted by molar-refractivity contribution is 6.35. The van der Waals surface area contributed by atoms with Crippen LogP contribution in [0.5, 0.6) is 0 Å². The van der Waals surface area contributed by atoms with Crippen LogP contribution in [0.4, 0.5) is 0 Å². The number of carboxylic acid groups (broad SMARTS) is 1. The van der Waals surface area contributed by atoms with E-state index in [4.69, 9.17) is 16.7 Å². The van der Waals surface area contributed by atoms with Crippen molar-refractivity contribution >= 4 is 34.4 Å². The minimum atomic E-state index is -0.985. The number of halogens is 1. The van der Waals surface area contributed by atoms with Gasteiger partial charge in [-0.15, -0.1) is 0 Å². The zero-order valence-electron chi connectivity index (χ0n) is 8.89. The van der Waals surface area contributed by atoms with E-state index < -0.39 is 5.97 Å². The Morgan fingerprint density at radius 2 is 2.00 bits per heavy atom. The lowest BCUT2D eigenvalue weighted by molar-refractivity contribution is -0.136. The maximum atomic E-state index is 11.8. The fraction of sp³-hybridized carbons (Fsp3) is 0.167. The van der Waals surface area contributed by atoms with Gasteiger partial charge in [-0.3, -0.25) is 14.2 Å². The number of aliphatic carboxylic acids is 1. The van der Waals surface area contributed by atoms with Crippen LogP contribution in [-0.2, 0) is 4.79 Å². The molecule has 0 saturated heterocycles. The molecule has 0 atom stereocenters. The number of carbonyl (C=O) groups excluding carboxylic acids is 1. The molecular weight excluding hydrogens is 242 g/mol. The van der Waals surface area contributed by atoms with Crippen molar-refractivity contribution in [3.05, 3.63) is 35.5 Å². The van der Waals surface area contributed by atoms with Crippen LogP contribution in [0.25, 0.3) is 10.9 Å². The van der Waals surface area contributed by atoms with Gasteiger partial charge in [-0.25, -0.2) is 0 Å². The van der Waals surface area contributed by atoms with Crippen LogP contribution in [-0.4, -0.2) is 21.6 Å². The van der Waals surface area contributed by atoms with E-state index >= 15 is 0 Å². The smallest absolute Gasteiger partial charge is 0.303 e. The maximum absolute atomic E-state index is 11.8. The maximum Gasteiger partial charge on any atom is 0.303 e. The van der Waals surface area contributed by atoms with E-state index in [0.717, 1.165) is 5.39 Å². The van der Waals surface area contributed by atoms with Gasteiger partial charge in [-0.05, 0) is 12.1 Å². The Balaban J connectivity index is 2.36. The van der Waals surface area contributed by atoms with Gasteiger partial charge < -0.3 is 5.11 Å². The molecule has 5 heteroatoms. The first kappa shape index (κ1) is 11.7. The Morgan fingerprint density at radius 3 is 2.71 bits per heavy atom. The van der Waals surface area contributed by atoms with Gasteiger partial charge in [0, 0.05) is 18.0 Å². The molecular formula is C12H10ClNO3. The SMILES string of the molecule is O=C(O)CCC(=O)n1ccc2cccc(Cl)c21. The minimum Gasteiger partial charge on any atom is -0.481 e. The van der Waals surface area contributed by atoms with Crippen LogP contribution < -0.4 is 0 Å². The molecule has 1 heterocycles. The summed E-state index contributed by atoms with van der Waals surface area (Å²) in [6.07, 6.45) is 1.40. The van der Waals surface area contributed by atoms with E-state index in [0.29, 0.717) is 10.5 Å². The van der Waals surface area contributed by atoms with Crippen molar-refractivity contribution in [2.45, 2.75) is 12.8 Å².